The molecular formula is C12H24N4O3. The van der Waals surface area contributed by atoms with E-state index in [1.807, 2.05) is 32.6 Å². The minimum Gasteiger partial charge on any atom is -0.444 e. The lowest BCUT2D eigenvalue weighted by molar-refractivity contribution is -0.00726. The molecule has 3 N–H and O–H groups in total. The molecule has 110 valence electrons. The second-order valence-corrected chi connectivity index (χ2v) is 5.90. The molecule has 0 spiro atoms. The minimum absolute atomic E-state index is 0.101. The number of carbonyl (C=O) groups excluding carboxylic acids is 1. The van der Waals surface area contributed by atoms with Crippen molar-refractivity contribution in [1.82, 2.24) is 9.80 Å². The van der Waals surface area contributed by atoms with Crippen LogP contribution in [0.4, 0.5) is 4.79 Å². The van der Waals surface area contributed by atoms with E-state index in [-0.39, 0.29) is 24.0 Å². The topological polar surface area (TPSA) is 91.4 Å². The van der Waals surface area contributed by atoms with Crippen molar-refractivity contribution in [2.45, 2.75) is 45.4 Å². The number of rotatable bonds is 3. The van der Waals surface area contributed by atoms with Crippen molar-refractivity contribution in [2.75, 3.05) is 20.1 Å². The Balaban J connectivity index is 2.44. The first-order valence-electron chi connectivity index (χ1n) is 6.33. The number of oxime groups is 1. The van der Waals surface area contributed by atoms with Crippen LogP contribution in [0.3, 0.4) is 0 Å². The standard InChI is InChI=1S/C12H24N4O3/c1-8(10(13)14-18)16-6-9(7-16)15(5)11(17)19-12(2,3)4/h8-9,18H,6-7H2,1-5H3,(H2,13,14). The molecule has 1 rings (SSSR count). The summed E-state index contributed by atoms with van der Waals surface area (Å²) < 4.78 is 5.30. The number of nitrogens with zero attached hydrogens (tertiary/aromatic N) is 3. The van der Waals surface area contributed by atoms with Gasteiger partial charge in [0.15, 0.2) is 5.84 Å². The summed E-state index contributed by atoms with van der Waals surface area (Å²) in [5.74, 6) is 0.179. The predicted octanol–water partition coefficient (Wildman–Crippen LogP) is 0.672. The third-order valence-electron chi connectivity index (χ3n) is 3.21. The largest absolute Gasteiger partial charge is 0.444 e. The van der Waals surface area contributed by atoms with Crippen molar-refractivity contribution in [1.29, 1.82) is 0 Å². The second kappa shape index (κ2) is 5.64. The third-order valence-corrected chi connectivity index (χ3v) is 3.21. The van der Waals surface area contributed by atoms with Gasteiger partial charge in [0.25, 0.3) is 0 Å². The van der Waals surface area contributed by atoms with Gasteiger partial charge in [-0.2, -0.15) is 0 Å². The molecule has 19 heavy (non-hydrogen) atoms. The van der Waals surface area contributed by atoms with Crippen LogP contribution in [0.25, 0.3) is 0 Å². The van der Waals surface area contributed by atoms with E-state index in [9.17, 15) is 4.79 Å². The van der Waals surface area contributed by atoms with E-state index in [4.69, 9.17) is 15.7 Å². The number of likely N-dealkylation sites (N-methyl/N-ethyl adjacent to an activating group) is 1. The maximum Gasteiger partial charge on any atom is 0.410 e. The fourth-order valence-corrected chi connectivity index (χ4v) is 1.80. The Bertz CT molecular complexity index is 358. The fraction of sp³-hybridized carbons (Fsp3) is 0.833. The van der Waals surface area contributed by atoms with Gasteiger partial charge in [-0.3, -0.25) is 4.90 Å². The average Bonchev–Trinajstić information content (AvgIpc) is 2.23. The average molecular weight is 272 g/mol. The van der Waals surface area contributed by atoms with Crippen molar-refractivity contribution < 1.29 is 14.7 Å². The van der Waals surface area contributed by atoms with E-state index in [2.05, 4.69) is 5.16 Å². The molecule has 0 radical (unpaired) electrons. The van der Waals surface area contributed by atoms with Gasteiger partial charge >= 0.3 is 6.09 Å². The molecule has 1 atom stereocenters. The molecule has 0 aromatic carbocycles. The van der Waals surface area contributed by atoms with Gasteiger partial charge in [-0.25, -0.2) is 4.79 Å². The quantitative estimate of drug-likeness (QED) is 0.341. The molecule has 0 saturated carbocycles. The van der Waals surface area contributed by atoms with Gasteiger partial charge in [0.05, 0.1) is 12.1 Å². The van der Waals surface area contributed by atoms with Crippen molar-refractivity contribution in [2.24, 2.45) is 10.9 Å². The van der Waals surface area contributed by atoms with Crippen molar-refractivity contribution >= 4 is 11.9 Å². The Morgan fingerprint density at radius 1 is 1.53 bits per heavy atom. The Morgan fingerprint density at radius 3 is 2.47 bits per heavy atom. The number of amidine groups is 1. The van der Waals surface area contributed by atoms with Crippen LogP contribution in [-0.2, 0) is 4.74 Å². The molecule has 7 nitrogen and oxygen atoms in total. The first-order chi connectivity index (χ1) is 8.65. The van der Waals surface area contributed by atoms with Crippen LogP contribution in [0.1, 0.15) is 27.7 Å². The highest BCUT2D eigenvalue weighted by Crippen LogP contribution is 2.19. The zero-order valence-corrected chi connectivity index (χ0v) is 12.3. The number of hydrogen-bond acceptors (Lipinski definition) is 5. The highest BCUT2D eigenvalue weighted by Gasteiger charge is 2.37. The summed E-state index contributed by atoms with van der Waals surface area (Å²) in [6.07, 6.45) is -0.325. The lowest BCUT2D eigenvalue weighted by Gasteiger charge is -2.46. The first kappa shape index (κ1) is 15.6. The SMILES string of the molecule is CC(/C(N)=N/O)N1CC(N(C)C(=O)OC(C)(C)C)C1. The molecule has 1 amide bonds. The highest BCUT2D eigenvalue weighted by molar-refractivity contribution is 5.84. The van der Waals surface area contributed by atoms with E-state index >= 15 is 0 Å². The molecule has 1 aliphatic heterocycles. The van der Waals surface area contributed by atoms with Crippen molar-refractivity contribution in [3.8, 4) is 0 Å². The van der Waals surface area contributed by atoms with E-state index in [1.54, 1.807) is 11.9 Å². The van der Waals surface area contributed by atoms with E-state index in [0.717, 1.165) is 0 Å². The normalized spacial score (nSPS) is 19.7. The van der Waals surface area contributed by atoms with Gasteiger partial charge in [0, 0.05) is 20.1 Å². The molecule has 1 fully saturated rings. The summed E-state index contributed by atoms with van der Waals surface area (Å²) in [7, 11) is 1.73. The summed E-state index contributed by atoms with van der Waals surface area (Å²) in [5, 5.41) is 11.6. The summed E-state index contributed by atoms with van der Waals surface area (Å²) in [6, 6.07) is -0.0305. The number of carbonyl (C=O) groups is 1. The van der Waals surface area contributed by atoms with Crippen molar-refractivity contribution in [3.05, 3.63) is 0 Å². The Morgan fingerprint density at radius 2 is 2.05 bits per heavy atom. The summed E-state index contributed by atoms with van der Waals surface area (Å²) in [6.45, 7) is 8.75. The maximum absolute atomic E-state index is 11.9. The maximum atomic E-state index is 11.9. The Hall–Kier alpha value is -1.50. The molecule has 1 unspecified atom stereocenters. The van der Waals surface area contributed by atoms with Gasteiger partial charge in [0.2, 0.25) is 0 Å². The number of ether oxygens (including phenoxy) is 1. The first-order valence-corrected chi connectivity index (χ1v) is 6.33. The number of likely N-dealkylation sites (tertiary alicyclic amines) is 1. The van der Waals surface area contributed by atoms with Crippen LogP contribution >= 0.6 is 0 Å². The van der Waals surface area contributed by atoms with Crippen LogP contribution in [0.2, 0.25) is 0 Å². The number of hydrogen-bond donors (Lipinski definition) is 2. The number of amides is 1. The van der Waals surface area contributed by atoms with Crippen LogP contribution in [0.15, 0.2) is 5.16 Å². The molecule has 0 aliphatic carbocycles. The molecule has 0 aromatic heterocycles. The zero-order chi connectivity index (χ0) is 14.8. The second-order valence-electron chi connectivity index (χ2n) is 5.90. The van der Waals surface area contributed by atoms with E-state index in [0.29, 0.717) is 13.1 Å². The van der Waals surface area contributed by atoms with Gasteiger partial charge < -0.3 is 20.6 Å². The van der Waals surface area contributed by atoms with E-state index < -0.39 is 5.60 Å². The predicted molar refractivity (Wildman–Crippen MR) is 72.2 cm³/mol. The summed E-state index contributed by atoms with van der Waals surface area (Å²) in [4.78, 5) is 15.5. The fourth-order valence-electron chi connectivity index (χ4n) is 1.80. The number of nitrogens with two attached hydrogens (primary N) is 1. The van der Waals surface area contributed by atoms with Crippen LogP contribution < -0.4 is 5.73 Å². The zero-order valence-electron chi connectivity index (χ0n) is 12.3. The monoisotopic (exact) mass is 272 g/mol. The van der Waals surface area contributed by atoms with Crippen LogP contribution in [0, 0.1) is 0 Å². The molecular weight excluding hydrogens is 248 g/mol. The summed E-state index contributed by atoms with van der Waals surface area (Å²) >= 11 is 0. The molecule has 7 heteroatoms. The molecule has 1 aliphatic rings. The smallest absolute Gasteiger partial charge is 0.410 e. The summed E-state index contributed by atoms with van der Waals surface area (Å²) in [5.41, 5.74) is 5.05. The van der Waals surface area contributed by atoms with Gasteiger partial charge in [-0.05, 0) is 27.7 Å². The minimum atomic E-state index is -0.490. The lowest BCUT2D eigenvalue weighted by atomic mass is 10.0. The molecule has 0 bridgehead atoms. The molecule has 1 heterocycles. The van der Waals surface area contributed by atoms with Crippen LogP contribution in [0.5, 0.6) is 0 Å². The molecule has 0 aromatic rings. The Kier molecular flexibility index (Phi) is 4.62. The van der Waals surface area contributed by atoms with Gasteiger partial charge in [-0.15, -0.1) is 0 Å². The van der Waals surface area contributed by atoms with E-state index in [1.165, 1.54) is 0 Å². The molecule has 1 saturated heterocycles. The van der Waals surface area contributed by atoms with Crippen molar-refractivity contribution in [3.63, 3.8) is 0 Å². The third kappa shape index (κ3) is 3.99. The van der Waals surface area contributed by atoms with Gasteiger partial charge in [0.1, 0.15) is 5.60 Å². The van der Waals surface area contributed by atoms with Crippen LogP contribution in [-0.4, -0.2) is 64.8 Å². The highest BCUT2D eigenvalue weighted by atomic mass is 16.6. The van der Waals surface area contributed by atoms with Gasteiger partial charge in [-0.1, -0.05) is 5.16 Å². The lowest BCUT2D eigenvalue weighted by Crippen LogP contribution is -2.64. The Labute approximate surface area is 114 Å².